The first-order valence-electron chi connectivity index (χ1n) is 11.6. The van der Waals surface area contributed by atoms with Crippen molar-refractivity contribution in [2.24, 2.45) is 0 Å². The van der Waals surface area contributed by atoms with Crippen LogP contribution >= 0.6 is 0 Å². The molecule has 1 aliphatic rings. The van der Waals surface area contributed by atoms with Crippen LogP contribution in [-0.4, -0.2) is 27.8 Å². The molecule has 1 aromatic carbocycles. The molecule has 0 unspecified atom stereocenters. The van der Waals surface area contributed by atoms with Gasteiger partial charge in [-0.15, -0.1) is 0 Å². The summed E-state index contributed by atoms with van der Waals surface area (Å²) in [6.45, 7) is 9.81. The maximum Gasteiger partial charge on any atom is 0.253 e. The molecule has 0 aliphatic carbocycles. The predicted octanol–water partition coefficient (Wildman–Crippen LogP) is 3.18. The second kappa shape index (κ2) is 9.71. The summed E-state index contributed by atoms with van der Waals surface area (Å²) in [6.07, 6.45) is 0. The Morgan fingerprint density at radius 2 is 1.94 bits per heavy atom. The van der Waals surface area contributed by atoms with Crippen LogP contribution in [0.15, 0.2) is 41.2 Å². The summed E-state index contributed by atoms with van der Waals surface area (Å²) in [7, 11) is 0. The first-order chi connectivity index (χ1) is 16.6. The Morgan fingerprint density at radius 3 is 2.63 bits per heavy atom. The normalized spacial score (nSPS) is 12.6. The van der Waals surface area contributed by atoms with Crippen molar-refractivity contribution >= 4 is 23.3 Å². The number of hydrogen-bond acceptors (Lipinski definition) is 6. The number of aryl methyl sites for hydroxylation is 2. The van der Waals surface area contributed by atoms with Crippen LogP contribution < -0.4 is 26.6 Å². The minimum atomic E-state index is -0.283. The number of nitrogens with one attached hydrogen (secondary N) is 4. The number of amides is 2. The Kier molecular flexibility index (Phi) is 6.70. The monoisotopic (exact) mass is 474 g/mol. The van der Waals surface area contributed by atoms with Crippen LogP contribution in [-0.2, 0) is 17.9 Å². The van der Waals surface area contributed by atoms with Gasteiger partial charge in [-0.3, -0.25) is 19.4 Å². The molecule has 182 valence electrons. The van der Waals surface area contributed by atoms with Crippen molar-refractivity contribution in [1.29, 1.82) is 0 Å². The Bertz CT molecular complexity index is 1360. The molecule has 9 nitrogen and oxygen atoms in total. The van der Waals surface area contributed by atoms with Crippen molar-refractivity contribution in [3.63, 3.8) is 0 Å². The van der Waals surface area contributed by atoms with Crippen molar-refractivity contribution in [3.05, 3.63) is 74.7 Å². The molecule has 3 heterocycles. The second-order valence-electron chi connectivity index (χ2n) is 9.04. The zero-order valence-corrected chi connectivity index (χ0v) is 20.6. The maximum absolute atomic E-state index is 13.4. The molecule has 0 spiro atoms. The van der Waals surface area contributed by atoms with E-state index in [1.165, 1.54) is 6.92 Å². The molecule has 0 atom stereocenters. The van der Waals surface area contributed by atoms with E-state index in [-0.39, 0.29) is 30.0 Å². The van der Waals surface area contributed by atoms with Crippen LogP contribution in [0.4, 0.5) is 11.5 Å². The zero-order chi connectivity index (χ0) is 25.3. The number of hydrazine groups is 1. The van der Waals surface area contributed by atoms with Crippen LogP contribution in [0.1, 0.15) is 53.5 Å². The number of benzene rings is 1. The average molecular weight is 475 g/mol. The summed E-state index contributed by atoms with van der Waals surface area (Å²) >= 11 is 0. The van der Waals surface area contributed by atoms with E-state index in [0.29, 0.717) is 34.9 Å². The number of H-pyrrole nitrogens is 1. The van der Waals surface area contributed by atoms with E-state index in [0.717, 1.165) is 22.4 Å². The third-order valence-corrected chi connectivity index (χ3v) is 5.92. The quantitative estimate of drug-likeness (QED) is 0.436. The number of anilines is 2. The smallest absolute Gasteiger partial charge is 0.253 e. The van der Waals surface area contributed by atoms with Gasteiger partial charge in [-0.05, 0) is 57.5 Å². The Morgan fingerprint density at radius 1 is 1.17 bits per heavy atom. The molecule has 0 radical (unpaired) electrons. The summed E-state index contributed by atoms with van der Waals surface area (Å²) in [6, 6.07) is 11.1. The molecule has 9 heteroatoms. The number of hydrogen-bond donors (Lipinski definition) is 4. The van der Waals surface area contributed by atoms with Gasteiger partial charge in [0.1, 0.15) is 5.82 Å². The van der Waals surface area contributed by atoms with Gasteiger partial charge < -0.3 is 15.6 Å². The number of pyridine rings is 2. The van der Waals surface area contributed by atoms with Crippen LogP contribution in [0.3, 0.4) is 0 Å². The lowest BCUT2D eigenvalue weighted by Crippen LogP contribution is -2.38. The van der Waals surface area contributed by atoms with Crippen molar-refractivity contribution in [1.82, 2.24) is 20.7 Å². The summed E-state index contributed by atoms with van der Waals surface area (Å²) in [4.78, 5) is 44.9. The van der Waals surface area contributed by atoms with Gasteiger partial charge in [0, 0.05) is 59.7 Å². The number of aromatic nitrogens is 2. The number of nitrogens with zero attached hydrogens (tertiary/aromatic N) is 2. The highest BCUT2D eigenvalue weighted by Crippen LogP contribution is 2.32. The zero-order valence-electron chi connectivity index (χ0n) is 20.6. The Balaban J connectivity index is 1.72. The molecule has 2 amide bonds. The van der Waals surface area contributed by atoms with Crippen molar-refractivity contribution in [3.8, 4) is 11.3 Å². The summed E-state index contributed by atoms with van der Waals surface area (Å²) < 4.78 is 0. The number of carbonyl (C=O) groups excluding carboxylic acids is 2. The molecule has 3 aromatic rings. The molecular weight excluding hydrogens is 444 g/mol. The van der Waals surface area contributed by atoms with E-state index in [4.69, 9.17) is 4.98 Å². The fourth-order valence-electron chi connectivity index (χ4n) is 4.27. The second-order valence-corrected chi connectivity index (χ2v) is 9.04. The molecule has 4 N–H and O–H groups in total. The molecular formula is C26H30N6O3. The highest BCUT2D eigenvalue weighted by Gasteiger charge is 2.29. The molecule has 4 rings (SSSR count). The molecule has 0 fully saturated rings. The lowest BCUT2D eigenvalue weighted by Gasteiger charge is -2.23. The largest absolute Gasteiger partial charge is 0.348 e. The molecule has 0 saturated heterocycles. The molecule has 2 aromatic heterocycles. The Labute approximate surface area is 203 Å². The van der Waals surface area contributed by atoms with Gasteiger partial charge in [-0.2, -0.15) is 0 Å². The van der Waals surface area contributed by atoms with Gasteiger partial charge in [-0.1, -0.05) is 12.1 Å². The summed E-state index contributed by atoms with van der Waals surface area (Å²) in [5.41, 5.74) is 8.57. The van der Waals surface area contributed by atoms with Gasteiger partial charge in [-0.25, -0.2) is 10.4 Å². The number of carbonyl (C=O) groups is 2. The van der Waals surface area contributed by atoms with Gasteiger partial charge >= 0.3 is 0 Å². The van der Waals surface area contributed by atoms with E-state index < -0.39 is 0 Å². The van der Waals surface area contributed by atoms with Crippen molar-refractivity contribution in [2.45, 2.75) is 53.8 Å². The van der Waals surface area contributed by atoms with E-state index in [1.807, 2.05) is 57.0 Å². The minimum absolute atomic E-state index is 0.117. The molecule has 0 bridgehead atoms. The lowest BCUT2D eigenvalue weighted by molar-refractivity contribution is -0.114. The fourth-order valence-corrected chi connectivity index (χ4v) is 4.27. The first-order valence-corrected chi connectivity index (χ1v) is 11.6. The standard InChI is InChI=1S/C26H30N6O3/c1-14(2)32-24-22(13-28-32)20(25(34)27-12-21-15(3)9-16(4)29-26(21)35)11-23(31-24)18-7-6-8-19(10-18)30-17(5)33/h6-11,14,28H,12-13H2,1-5H3,(H,27,34)(H,29,35)(H,30,33). The third-order valence-electron chi connectivity index (χ3n) is 5.92. The Hall–Kier alpha value is -3.98. The van der Waals surface area contributed by atoms with Crippen LogP contribution in [0.25, 0.3) is 11.3 Å². The van der Waals surface area contributed by atoms with E-state index in [9.17, 15) is 14.4 Å². The van der Waals surface area contributed by atoms with Crippen LogP contribution in [0.2, 0.25) is 0 Å². The highest BCUT2D eigenvalue weighted by molar-refractivity contribution is 5.98. The average Bonchev–Trinajstić information content (AvgIpc) is 3.21. The van der Waals surface area contributed by atoms with Gasteiger partial charge in [0.25, 0.3) is 11.5 Å². The number of rotatable bonds is 6. The predicted molar refractivity (Wildman–Crippen MR) is 136 cm³/mol. The van der Waals surface area contributed by atoms with Crippen LogP contribution in [0.5, 0.6) is 0 Å². The number of aromatic amines is 1. The maximum atomic E-state index is 13.4. The minimum Gasteiger partial charge on any atom is -0.348 e. The first kappa shape index (κ1) is 24.2. The SMILES string of the molecule is CC(=O)Nc1cccc(-c2cc(C(=O)NCc3c(C)cc(C)[nH]c3=O)c3c(n2)N(C(C)C)NC3)c1. The van der Waals surface area contributed by atoms with E-state index in [2.05, 4.69) is 21.0 Å². The lowest BCUT2D eigenvalue weighted by atomic mass is 10.0. The molecule has 0 saturated carbocycles. The van der Waals surface area contributed by atoms with Crippen LogP contribution in [0, 0.1) is 13.8 Å². The summed E-state index contributed by atoms with van der Waals surface area (Å²) in [5.74, 6) is 0.243. The molecule has 35 heavy (non-hydrogen) atoms. The summed E-state index contributed by atoms with van der Waals surface area (Å²) in [5, 5.41) is 7.65. The van der Waals surface area contributed by atoms with E-state index in [1.54, 1.807) is 12.1 Å². The third kappa shape index (κ3) is 5.09. The van der Waals surface area contributed by atoms with Crippen molar-refractivity contribution < 1.29 is 9.59 Å². The van der Waals surface area contributed by atoms with Gasteiger partial charge in [0.2, 0.25) is 5.91 Å². The topological polar surface area (TPSA) is 119 Å². The van der Waals surface area contributed by atoms with Crippen molar-refractivity contribution in [2.75, 3.05) is 10.3 Å². The number of fused-ring (bicyclic) bond motifs is 1. The van der Waals surface area contributed by atoms with Gasteiger partial charge in [0.15, 0.2) is 0 Å². The fraction of sp³-hybridized carbons (Fsp3) is 0.308. The highest BCUT2D eigenvalue weighted by atomic mass is 16.2. The molecule has 1 aliphatic heterocycles. The van der Waals surface area contributed by atoms with Gasteiger partial charge in [0.05, 0.1) is 5.69 Å². The van der Waals surface area contributed by atoms with E-state index >= 15 is 0 Å².